The average Bonchev–Trinajstić information content (AvgIpc) is 2.59. The lowest BCUT2D eigenvalue weighted by molar-refractivity contribution is -0.211. The van der Waals surface area contributed by atoms with Gasteiger partial charge in [-0.05, 0) is 31.4 Å². The molecule has 0 saturated carbocycles. The van der Waals surface area contributed by atoms with E-state index in [1.54, 1.807) is 14.0 Å². The van der Waals surface area contributed by atoms with Gasteiger partial charge in [0.25, 0.3) is 5.91 Å². The van der Waals surface area contributed by atoms with Gasteiger partial charge in [0.2, 0.25) is 12.0 Å². The van der Waals surface area contributed by atoms with Crippen LogP contribution in [-0.4, -0.2) is 54.2 Å². The second-order valence-electron chi connectivity index (χ2n) is 6.83. The molecule has 1 fully saturated rings. The molecule has 144 valence electrons. The first-order valence-electron chi connectivity index (χ1n) is 8.40. The summed E-state index contributed by atoms with van der Waals surface area (Å²) in [5, 5.41) is 9.14. The van der Waals surface area contributed by atoms with Crippen molar-refractivity contribution in [3.05, 3.63) is 29.8 Å². The highest BCUT2D eigenvalue weighted by Crippen LogP contribution is 2.29. The zero-order valence-electron chi connectivity index (χ0n) is 15.0. The smallest absolute Gasteiger partial charge is 0.376 e. The second kappa shape index (κ2) is 7.65. The number of aryl methyl sites for hydroxylation is 1. The van der Waals surface area contributed by atoms with E-state index in [0.717, 1.165) is 16.2 Å². The number of hydrogen-bond donors (Lipinski definition) is 1. The van der Waals surface area contributed by atoms with Gasteiger partial charge in [-0.15, -0.1) is 0 Å². The minimum absolute atomic E-state index is 0.00409. The van der Waals surface area contributed by atoms with Gasteiger partial charge in [-0.25, -0.2) is 0 Å². The summed E-state index contributed by atoms with van der Waals surface area (Å²) in [6, 6.07) is 7.44. The summed E-state index contributed by atoms with van der Waals surface area (Å²) < 4.78 is 37.6. The number of alkyl halides is 3. The van der Waals surface area contributed by atoms with Crippen LogP contribution in [0.1, 0.15) is 18.9 Å². The zero-order chi connectivity index (χ0) is 19.6. The van der Waals surface area contributed by atoms with E-state index in [9.17, 15) is 22.8 Å². The van der Waals surface area contributed by atoms with Crippen molar-refractivity contribution in [3.8, 4) is 0 Å². The first kappa shape index (κ1) is 20.2. The van der Waals surface area contributed by atoms with Crippen LogP contribution in [-0.2, 0) is 9.59 Å². The summed E-state index contributed by atoms with van der Waals surface area (Å²) in [4.78, 5) is 27.1. The van der Waals surface area contributed by atoms with Gasteiger partial charge in [0.05, 0.1) is 0 Å². The monoisotopic (exact) mass is 372 g/mol. The summed E-state index contributed by atoms with van der Waals surface area (Å²) in [6.45, 7) is 3.68. The fraction of sp³-hybridized carbons (Fsp3) is 0.556. The Morgan fingerprint density at radius 1 is 1.27 bits per heavy atom. The zero-order valence-corrected chi connectivity index (χ0v) is 15.0. The van der Waals surface area contributed by atoms with Gasteiger partial charge < -0.3 is 14.9 Å². The minimum Gasteiger partial charge on any atom is -0.376 e. The number of likely N-dealkylation sites (tertiary alicyclic amines) is 1. The van der Waals surface area contributed by atoms with Gasteiger partial charge in [0, 0.05) is 31.7 Å². The first-order chi connectivity index (χ1) is 12.0. The average molecular weight is 372 g/mol. The van der Waals surface area contributed by atoms with E-state index in [4.69, 9.17) is 5.11 Å². The van der Waals surface area contributed by atoms with Crippen LogP contribution in [0.4, 0.5) is 18.9 Å². The van der Waals surface area contributed by atoms with Crippen LogP contribution >= 0.6 is 0 Å². The third-order valence-corrected chi connectivity index (χ3v) is 4.83. The lowest BCUT2D eigenvalue weighted by atomic mass is 9.85. The van der Waals surface area contributed by atoms with E-state index in [1.807, 2.05) is 31.2 Å². The number of aliphatic hydroxyl groups is 1. The predicted molar refractivity (Wildman–Crippen MR) is 90.5 cm³/mol. The molecule has 0 aliphatic carbocycles. The van der Waals surface area contributed by atoms with Crippen LogP contribution in [0.3, 0.4) is 0 Å². The molecule has 1 aliphatic rings. The Kier molecular flexibility index (Phi) is 5.95. The lowest BCUT2D eigenvalue weighted by Gasteiger charge is -2.38. The fourth-order valence-corrected chi connectivity index (χ4v) is 3.17. The molecule has 1 aliphatic heterocycles. The van der Waals surface area contributed by atoms with E-state index in [0.29, 0.717) is 0 Å². The molecular formula is C18H23F3N2O3. The third-order valence-electron chi connectivity index (χ3n) is 4.83. The number of halogens is 3. The number of aliphatic hydroxyl groups excluding tert-OH is 1. The molecule has 1 heterocycles. The highest BCUT2D eigenvalue weighted by Gasteiger charge is 2.47. The molecule has 0 radical (unpaired) electrons. The Labute approximate surface area is 150 Å². The van der Waals surface area contributed by atoms with Crippen LogP contribution in [0.15, 0.2) is 24.3 Å². The van der Waals surface area contributed by atoms with Crippen molar-refractivity contribution < 1.29 is 27.9 Å². The van der Waals surface area contributed by atoms with Gasteiger partial charge in [0.1, 0.15) is 0 Å². The summed E-state index contributed by atoms with van der Waals surface area (Å²) in [5.41, 5.74) is 1.80. The number of amides is 2. The van der Waals surface area contributed by atoms with E-state index in [2.05, 4.69) is 0 Å². The Morgan fingerprint density at radius 3 is 2.35 bits per heavy atom. The highest BCUT2D eigenvalue weighted by molar-refractivity contribution is 5.95. The van der Waals surface area contributed by atoms with Gasteiger partial charge in [-0.2, -0.15) is 13.2 Å². The van der Waals surface area contributed by atoms with Gasteiger partial charge >= 0.3 is 6.18 Å². The van der Waals surface area contributed by atoms with Crippen molar-refractivity contribution in [1.29, 1.82) is 0 Å². The number of anilines is 1. The standard InChI is InChI=1S/C18H23F3N2O3/c1-11-4-6-13(7-5-11)22(3)16(25)14-8-9-23(10-12(14)2)17(26)15(24)18(19,20)21/h4-7,12,14-15,24H,8-10H2,1-3H3/t12-,14+,15-/m1/s1. The summed E-state index contributed by atoms with van der Waals surface area (Å²) in [6.07, 6.45) is -7.75. The molecule has 0 unspecified atom stereocenters. The van der Waals surface area contributed by atoms with Crippen LogP contribution in [0, 0.1) is 18.8 Å². The van der Waals surface area contributed by atoms with Crippen LogP contribution in [0.2, 0.25) is 0 Å². The number of piperidine rings is 1. The van der Waals surface area contributed by atoms with Crippen molar-refractivity contribution in [1.82, 2.24) is 4.90 Å². The lowest BCUT2D eigenvalue weighted by Crippen LogP contribution is -2.53. The van der Waals surface area contributed by atoms with Crippen molar-refractivity contribution in [3.63, 3.8) is 0 Å². The van der Waals surface area contributed by atoms with Crippen molar-refractivity contribution in [2.24, 2.45) is 11.8 Å². The van der Waals surface area contributed by atoms with Crippen LogP contribution in [0.5, 0.6) is 0 Å². The van der Waals surface area contributed by atoms with Crippen LogP contribution in [0.25, 0.3) is 0 Å². The summed E-state index contributed by atoms with van der Waals surface area (Å²) in [7, 11) is 1.66. The number of carbonyl (C=O) groups is 2. The molecule has 1 aromatic rings. The number of hydrogen-bond acceptors (Lipinski definition) is 3. The highest BCUT2D eigenvalue weighted by atomic mass is 19.4. The Morgan fingerprint density at radius 2 is 1.85 bits per heavy atom. The number of benzene rings is 1. The largest absolute Gasteiger partial charge is 0.423 e. The van der Waals surface area contributed by atoms with E-state index in [1.165, 1.54) is 4.90 Å². The van der Waals surface area contributed by atoms with Crippen LogP contribution < -0.4 is 4.90 Å². The maximum atomic E-state index is 12.8. The first-order valence-corrected chi connectivity index (χ1v) is 8.40. The number of nitrogens with zero attached hydrogens (tertiary/aromatic N) is 2. The molecule has 1 saturated heterocycles. The quantitative estimate of drug-likeness (QED) is 0.886. The molecule has 5 nitrogen and oxygen atoms in total. The SMILES string of the molecule is Cc1ccc(N(C)C(=O)[C@H]2CCN(C(=O)[C@@H](O)C(F)(F)F)C[C@H]2C)cc1. The number of rotatable bonds is 3. The Hall–Kier alpha value is -2.09. The molecule has 26 heavy (non-hydrogen) atoms. The maximum absolute atomic E-state index is 12.8. The van der Waals surface area contributed by atoms with E-state index in [-0.39, 0.29) is 31.3 Å². The molecule has 0 spiro atoms. The molecule has 1 N–H and O–H groups in total. The normalized spacial score (nSPS) is 22.0. The summed E-state index contributed by atoms with van der Waals surface area (Å²) >= 11 is 0. The van der Waals surface area contributed by atoms with Crippen molar-refractivity contribution in [2.45, 2.75) is 32.5 Å². The van der Waals surface area contributed by atoms with Gasteiger partial charge in [0.15, 0.2) is 0 Å². The predicted octanol–water partition coefficient (Wildman–Crippen LogP) is 2.37. The van der Waals surface area contributed by atoms with Crippen molar-refractivity contribution >= 4 is 17.5 Å². The van der Waals surface area contributed by atoms with Crippen molar-refractivity contribution in [2.75, 3.05) is 25.0 Å². The number of carbonyl (C=O) groups excluding carboxylic acids is 2. The van der Waals surface area contributed by atoms with E-state index >= 15 is 0 Å². The molecular weight excluding hydrogens is 349 g/mol. The fourth-order valence-electron chi connectivity index (χ4n) is 3.17. The molecule has 3 atom stereocenters. The van der Waals surface area contributed by atoms with E-state index < -0.39 is 24.1 Å². The Bertz CT molecular complexity index is 661. The van der Waals surface area contributed by atoms with Gasteiger partial charge in [-0.1, -0.05) is 24.6 Å². The molecule has 0 bridgehead atoms. The Balaban J connectivity index is 2.03. The molecule has 2 amide bonds. The topological polar surface area (TPSA) is 60.9 Å². The molecule has 0 aromatic heterocycles. The molecule has 1 aromatic carbocycles. The summed E-state index contributed by atoms with van der Waals surface area (Å²) in [5.74, 6) is -2.20. The second-order valence-corrected chi connectivity index (χ2v) is 6.83. The maximum Gasteiger partial charge on any atom is 0.423 e. The molecule has 2 rings (SSSR count). The third kappa shape index (κ3) is 4.35. The minimum atomic E-state index is -4.99. The molecule has 8 heteroatoms. The van der Waals surface area contributed by atoms with Gasteiger partial charge in [-0.3, -0.25) is 9.59 Å².